The highest BCUT2D eigenvalue weighted by atomic mass is 32.1. The van der Waals surface area contributed by atoms with Crippen molar-refractivity contribution < 1.29 is 22.4 Å². The standard InChI is InChI=1S/C24H14F3N5O2S/c25-24(26,27)14-5-3-4-13(10-14)17-8-9-18(34-17)22(32-20(29)11-21(33)31-32)15(12-28)23-30-16-6-1-2-7-19(16)35-23/h1-10,29H,11H2,(H,31,33)/b22-15-,29-20?. The van der Waals surface area contributed by atoms with Crippen molar-refractivity contribution in [3.63, 3.8) is 0 Å². The van der Waals surface area contributed by atoms with E-state index in [0.29, 0.717) is 10.5 Å². The van der Waals surface area contributed by atoms with Gasteiger partial charge in [0.05, 0.1) is 22.2 Å². The predicted molar refractivity (Wildman–Crippen MR) is 124 cm³/mol. The molecule has 0 saturated carbocycles. The second-order valence-corrected chi connectivity index (χ2v) is 8.59. The van der Waals surface area contributed by atoms with E-state index in [1.807, 2.05) is 18.2 Å². The zero-order chi connectivity index (χ0) is 24.7. The highest BCUT2D eigenvalue weighted by Gasteiger charge is 2.33. The van der Waals surface area contributed by atoms with Gasteiger partial charge >= 0.3 is 6.18 Å². The van der Waals surface area contributed by atoms with E-state index in [4.69, 9.17) is 9.83 Å². The highest BCUT2D eigenvalue weighted by molar-refractivity contribution is 7.19. The third kappa shape index (κ3) is 4.15. The molecule has 0 unspecified atom stereocenters. The molecule has 174 valence electrons. The summed E-state index contributed by atoms with van der Waals surface area (Å²) in [6, 6.07) is 17.0. The number of amidine groups is 1. The molecule has 7 nitrogen and oxygen atoms in total. The van der Waals surface area contributed by atoms with Gasteiger partial charge in [-0.25, -0.2) is 9.99 Å². The fourth-order valence-corrected chi connectivity index (χ4v) is 4.61. The molecule has 0 aliphatic carbocycles. The van der Waals surface area contributed by atoms with Gasteiger partial charge in [0.2, 0.25) is 5.91 Å². The van der Waals surface area contributed by atoms with Crippen LogP contribution >= 0.6 is 11.3 Å². The van der Waals surface area contributed by atoms with E-state index < -0.39 is 17.6 Å². The van der Waals surface area contributed by atoms with Crippen molar-refractivity contribution in [2.24, 2.45) is 0 Å². The number of carbonyl (C=O) groups is 1. The molecular formula is C24H14F3N5O2S. The maximum absolute atomic E-state index is 13.2. The molecule has 1 fully saturated rings. The first kappa shape index (κ1) is 22.4. The zero-order valence-corrected chi connectivity index (χ0v) is 18.5. The first-order valence-corrected chi connectivity index (χ1v) is 11.0. The van der Waals surface area contributed by atoms with Gasteiger partial charge in [0.1, 0.15) is 33.9 Å². The molecule has 1 aliphatic rings. The van der Waals surface area contributed by atoms with Crippen molar-refractivity contribution in [1.29, 1.82) is 10.7 Å². The molecule has 5 rings (SSSR count). The number of nitriles is 1. The number of hydrazine groups is 1. The summed E-state index contributed by atoms with van der Waals surface area (Å²) in [6.07, 6.45) is -4.73. The summed E-state index contributed by atoms with van der Waals surface area (Å²) in [7, 11) is 0. The van der Waals surface area contributed by atoms with Crippen molar-refractivity contribution in [3.8, 4) is 17.4 Å². The molecule has 11 heteroatoms. The summed E-state index contributed by atoms with van der Waals surface area (Å²) in [6.45, 7) is 0. The predicted octanol–water partition coefficient (Wildman–Crippen LogP) is 5.68. The molecule has 2 aromatic carbocycles. The average molecular weight is 493 g/mol. The Labute approximate surface area is 200 Å². The summed E-state index contributed by atoms with van der Waals surface area (Å²) in [5.41, 5.74) is 2.67. The second-order valence-electron chi connectivity index (χ2n) is 7.56. The Hall–Kier alpha value is -4.43. The normalized spacial score (nSPS) is 14.7. The minimum atomic E-state index is -4.52. The molecule has 4 aromatic rings. The maximum atomic E-state index is 13.2. The number of alkyl halides is 3. The minimum absolute atomic E-state index is 0.0445. The van der Waals surface area contributed by atoms with Gasteiger partial charge < -0.3 is 4.42 Å². The van der Waals surface area contributed by atoms with Gasteiger partial charge in [-0.3, -0.25) is 15.6 Å². The van der Waals surface area contributed by atoms with Crippen LogP contribution in [0.1, 0.15) is 22.8 Å². The smallest absolute Gasteiger partial charge is 0.416 e. The quantitative estimate of drug-likeness (QED) is 0.356. The Morgan fingerprint density at radius 1 is 1.17 bits per heavy atom. The van der Waals surface area contributed by atoms with Crippen molar-refractivity contribution in [3.05, 3.63) is 77.0 Å². The Kier molecular flexibility index (Phi) is 5.37. The number of hydrogen-bond acceptors (Lipinski definition) is 6. The number of para-hydroxylation sites is 1. The van der Waals surface area contributed by atoms with E-state index in [9.17, 15) is 23.2 Å². The number of nitrogens with zero attached hydrogens (tertiary/aromatic N) is 3. The fourth-order valence-electron chi connectivity index (χ4n) is 3.65. The minimum Gasteiger partial charge on any atom is -0.454 e. The molecular weight excluding hydrogens is 479 g/mol. The molecule has 1 saturated heterocycles. The van der Waals surface area contributed by atoms with Crippen LogP contribution in [-0.2, 0) is 11.0 Å². The summed E-state index contributed by atoms with van der Waals surface area (Å²) in [4.78, 5) is 16.5. The van der Waals surface area contributed by atoms with Crippen molar-refractivity contribution >= 4 is 44.6 Å². The summed E-state index contributed by atoms with van der Waals surface area (Å²) >= 11 is 1.25. The van der Waals surface area contributed by atoms with Crippen LogP contribution in [0.2, 0.25) is 0 Å². The number of hydrogen-bond donors (Lipinski definition) is 2. The average Bonchev–Trinajstić information content (AvgIpc) is 3.55. The van der Waals surface area contributed by atoms with Crippen LogP contribution in [0, 0.1) is 16.7 Å². The number of carbonyl (C=O) groups excluding carboxylic acids is 1. The number of benzene rings is 2. The van der Waals surface area contributed by atoms with Crippen LogP contribution in [-0.4, -0.2) is 21.7 Å². The number of aromatic nitrogens is 1. The number of thiazole rings is 1. The zero-order valence-electron chi connectivity index (χ0n) is 17.7. The van der Waals surface area contributed by atoms with Gasteiger partial charge in [-0.2, -0.15) is 18.4 Å². The van der Waals surface area contributed by atoms with Crippen LogP contribution < -0.4 is 5.43 Å². The first-order chi connectivity index (χ1) is 16.7. The fraction of sp³-hybridized carbons (Fsp3) is 0.0833. The molecule has 35 heavy (non-hydrogen) atoms. The van der Waals surface area contributed by atoms with Gasteiger partial charge in [0, 0.05) is 5.56 Å². The van der Waals surface area contributed by atoms with Crippen LogP contribution in [0.5, 0.6) is 0 Å². The van der Waals surface area contributed by atoms with E-state index >= 15 is 0 Å². The second kappa shape index (κ2) is 8.41. The number of amides is 1. The van der Waals surface area contributed by atoms with Crippen molar-refractivity contribution in [2.75, 3.05) is 0 Å². The lowest BCUT2D eigenvalue weighted by atomic mass is 10.1. The van der Waals surface area contributed by atoms with Gasteiger partial charge in [-0.1, -0.05) is 24.3 Å². The van der Waals surface area contributed by atoms with Gasteiger partial charge in [-0.15, -0.1) is 11.3 Å². The third-order valence-corrected chi connectivity index (χ3v) is 6.28. The lowest BCUT2D eigenvalue weighted by Crippen LogP contribution is -2.34. The Morgan fingerprint density at radius 3 is 2.66 bits per heavy atom. The van der Waals surface area contributed by atoms with E-state index in [-0.39, 0.29) is 40.6 Å². The van der Waals surface area contributed by atoms with E-state index in [2.05, 4.69) is 16.5 Å². The number of fused-ring (bicyclic) bond motifs is 1. The lowest BCUT2D eigenvalue weighted by Gasteiger charge is -2.20. The van der Waals surface area contributed by atoms with Crippen molar-refractivity contribution in [1.82, 2.24) is 15.4 Å². The third-order valence-electron chi connectivity index (χ3n) is 5.23. The van der Waals surface area contributed by atoms with Crippen LogP contribution in [0.3, 0.4) is 0 Å². The van der Waals surface area contributed by atoms with E-state index in [0.717, 1.165) is 21.8 Å². The lowest BCUT2D eigenvalue weighted by molar-refractivity contribution is -0.137. The Bertz CT molecular complexity index is 1530. The number of rotatable bonds is 4. The topological polar surface area (TPSA) is 106 Å². The molecule has 0 atom stereocenters. The van der Waals surface area contributed by atoms with Crippen LogP contribution in [0.15, 0.2) is 65.1 Å². The Balaban J connectivity index is 1.67. The monoisotopic (exact) mass is 493 g/mol. The highest BCUT2D eigenvalue weighted by Crippen LogP contribution is 2.37. The summed E-state index contributed by atoms with van der Waals surface area (Å²) in [5.74, 6) is -0.350. The van der Waals surface area contributed by atoms with Crippen molar-refractivity contribution in [2.45, 2.75) is 12.6 Å². The molecule has 3 heterocycles. The molecule has 2 N–H and O–H groups in total. The van der Waals surface area contributed by atoms with E-state index in [1.54, 1.807) is 6.07 Å². The van der Waals surface area contributed by atoms with Crippen LogP contribution in [0.4, 0.5) is 13.2 Å². The van der Waals surface area contributed by atoms with E-state index in [1.165, 1.54) is 35.6 Å². The number of halogens is 3. The SMILES string of the molecule is N#C/C(=C(\c1ccc(-c2cccc(C(F)(F)F)c2)o1)N1NC(=O)CC1=N)c1nc2ccccc2s1. The molecule has 0 spiro atoms. The molecule has 1 aliphatic heterocycles. The molecule has 2 aromatic heterocycles. The van der Waals surface area contributed by atoms with Crippen LogP contribution in [0.25, 0.3) is 32.8 Å². The van der Waals surface area contributed by atoms with Gasteiger partial charge in [0.25, 0.3) is 0 Å². The summed E-state index contributed by atoms with van der Waals surface area (Å²) in [5, 5.41) is 19.8. The number of furan rings is 1. The molecule has 0 radical (unpaired) electrons. The largest absolute Gasteiger partial charge is 0.454 e. The first-order valence-electron chi connectivity index (χ1n) is 10.2. The summed E-state index contributed by atoms with van der Waals surface area (Å²) < 4.78 is 46.3. The van der Waals surface area contributed by atoms with Gasteiger partial charge in [-0.05, 0) is 36.4 Å². The molecule has 0 bridgehead atoms. The maximum Gasteiger partial charge on any atom is 0.416 e. The number of nitrogens with one attached hydrogen (secondary N) is 2. The van der Waals surface area contributed by atoms with Gasteiger partial charge in [0.15, 0.2) is 5.76 Å². The number of allylic oxidation sites excluding steroid dienone is 1. The molecule has 1 amide bonds. The Morgan fingerprint density at radius 2 is 1.97 bits per heavy atom.